The van der Waals surface area contributed by atoms with Crippen LogP contribution in [-0.2, 0) is 0 Å². The lowest BCUT2D eigenvalue weighted by molar-refractivity contribution is -0.274. The summed E-state index contributed by atoms with van der Waals surface area (Å²) in [6.45, 7) is 0. The number of hydrogen-bond donors (Lipinski definition) is 2. The number of carbonyl (C=O) groups is 1. The summed E-state index contributed by atoms with van der Waals surface area (Å²) in [5, 5.41) is 11.9. The molecule has 0 bridgehead atoms. The minimum Gasteiger partial charge on any atom is -0.477 e. The average molecular weight is 491 g/mol. The number of aromatic amines is 1. The molecule has 2 N–H and O–H groups in total. The summed E-state index contributed by atoms with van der Waals surface area (Å²) in [5.74, 6) is -1.57. The zero-order valence-electron chi connectivity index (χ0n) is 18.3. The second-order valence-electron chi connectivity index (χ2n) is 7.83. The van der Waals surface area contributed by atoms with Crippen molar-refractivity contribution in [1.29, 1.82) is 0 Å². The van der Waals surface area contributed by atoms with Crippen molar-refractivity contribution in [2.75, 3.05) is 0 Å². The summed E-state index contributed by atoms with van der Waals surface area (Å²) < 4.78 is 42.9. The van der Waals surface area contributed by atoms with Gasteiger partial charge in [-0.2, -0.15) is 0 Å². The molecule has 0 saturated carbocycles. The number of ether oxygens (including phenoxy) is 1. The summed E-state index contributed by atoms with van der Waals surface area (Å²) >= 11 is 0. The molecule has 5 aromatic rings. The molecule has 0 radical (unpaired) electrons. The number of nitrogens with one attached hydrogen (secondary N) is 1. The largest absolute Gasteiger partial charge is 0.573 e. The van der Waals surface area contributed by atoms with E-state index < -0.39 is 17.9 Å². The SMILES string of the molecule is O=C(O)c1cc2nc(-c3ccc(-c4cccc(OC(F)(F)F)c4)cc3)c(-c3ccccc3)c(=O)n2[nH]1. The number of rotatable bonds is 5. The van der Waals surface area contributed by atoms with Gasteiger partial charge in [-0.3, -0.25) is 9.89 Å². The quantitative estimate of drug-likeness (QED) is 0.333. The van der Waals surface area contributed by atoms with E-state index >= 15 is 0 Å². The maximum atomic E-state index is 13.4. The van der Waals surface area contributed by atoms with Crippen LogP contribution < -0.4 is 10.3 Å². The van der Waals surface area contributed by atoms with Crippen LogP contribution in [0.15, 0.2) is 89.7 Å². The zero-order valence-corrected chi connectivity index (χ0v) is 18.3. The Labute approximate surface area is 201 Å². The number of halogens is 3. The lowest BCUT2D eigenvalue weighted by atomic mass is 9.98. The first-order valence-corrected chi connectivity index (χ1v) is 10.6. The number of hydrogen-bond acceptors (Lipinski definition) is 4. The molecular weight excluding hydrogens is 475 g/mol. The van der Waals surface area contributed by atoms with Crippen molar-refractivity contribution in [3.05, 3.63) is 101 Å². The van der Waals surface area contributed by atoms with E-state index in [0.717, 1.165) is 4.52 Å². The average Bonchev–Trinajstić information content (AvgIpc) is 3.29. The van der Waals surface area contributed by atoms with Crippen molar-refractivity contribution in [1.82, 2.24) is 14.6 Å². The fraction of sp³-hybridized carbons (Fsp3) is 0.0385. The maximum Gasteiger partial charge on any atom is 0.573 e. The van der Waals surface area contributed by atoms with E-state index in [1.54, 1.807) is 60.7 Å². The Morgan fingerprint density at radius 2 is 1.53 bits per heavy atom. The van der Waals surface area contributed by atoms with Crippen LogP contribution in [0.5, 0.6) is 5.75 Å². The summed E-state index contributed by atoms with van der Waals surface area (Å²) in [6, 6.07) is 22.5. The third kappa shape index (κ3) is 4.43. The fourth-order valence-corrected chi connectivity index (χ4v) is 3.90. The number of fused-ring (bicyclic) bond motifs is 1. The molecule has 2 aromatic heterocycles. The van der Waals surface area contributed by atoms with Crippen molar-refractivity contribution >= 4 is 11.6 Å². The molecule has 0 saturated heterocycles. The van der Waals surface area contributed by atoms with Gasteiger partial charge in [0.25, 0.3) is 5.56 Å². The van der Waals surface area contributed by atoms with Crippen LogP contribution in [0.2, 0.25) is 0 Å². The number of aromatic nitrogens is 3. The summed E-state index contributed by atoms with van der Waals surface area (Å²) in [5.41, 5.74) is 2.36. The Balaban J connectivity index is 1.62. The van der Waals surface area contributed by atoms with Gasteiger partial charge in [-0.15, -0.1) is 13.2 Å². The molecule has 5 rings (SSSR count). The van der Waals surface area contributed by atoms with Crippen LogP contribution in [0, 0.1) is 0 Å². The van der Waals surface area contributed by atoms with Crippen LogP contribution >= 0.6 is 0 Å². The molecule has 7 nitrogen and oxygen atoms in total. The molecule has 0 aliphatic carbocycles. The van der Waals surface area contributed by atoms with E-state index in [0.29, 0.717) is 27.9 Å². The van der Waals surface area contributed by atoms with E-state index in [2.05, 4.69) is 14.8 Å². The molecule has 36 heavy (non-hydrogen) atoms. The predicted octanol–water partition coefficient (Wildman–Crippen LogP) is 5.62. The summed E-state index contributed by atoms with van der Waals surface area (Å²) in [7, 11) is 0. The number of alkyl halides is 3. The molecule has 3 aromatic carbocycles. The molecule has 2 heterocycles. The standard InChI is InChI=1S/C26H16F3N3O4/c27-26(28,29)36-19-8-4-7-18(13-19)15-9-11-17(12-10-15)23-22(16-5-2-1-3-6-16)24(33)32-21(30-23)14-20(31-32)25(34)35/h1-14,31H,(H,34,35). The Bertz CT molecular complexity index is 1640. The molecule has 0 atom stereocenters. The van der Waals surface area contributed by atoms with Gasteiger partial charge in [0.05, 0.1) is 11.3 Å². The van der Waals surface area contributed by atoms with E-state index in [-0.39, 0.29) is 22.7 Å². The monoisotopic (exact) mass is 491 g/mol. The highest BCUT2D eigenvalue weighted by molar-refractivity contribution is 5.88. The summed E-state index contributed by atoms with van der Waals surface area (Å²) in [4.78, 5) is 29.4. The molecular formula is C26H16F3N3O4. The predicted molar refractivity (Wildman–Crippen MR) is 126 cm³/mol. The van der Waals surface area contributed by atoms with E-state index in [9.17, 15) is 27.9 Å². The number of aromatic carboxylic acids is 1. The van der Waals surface area contributed by atoms with Gasteiger partial charge in [0.15, 0.2) is 5.65 Å². The molecule has 0 fully saturated rings. The number of nitrogens with zero attached hydrogens (tertiary/aromatic N) is 2. The Hall–Kier alpha value is -4.86. The number of H-pyrrole nitrogens is 1. The maximum absolute atomic E-state index is 13.4. The van der Waals surface area contributed by atoms with Gasteiger partial charge in [0, 0.05) is 11.6 Å². The molecule has 0 spiro atoms. The topological polar surface area (TPSA) is 96.7 Å². The highest BCUT2D eigenvalue weighted by Crippen LogP contribution is 2.32. The van der Waals surface area contributed by atoms with E-state index in [1.165, 1.54) is 24.3 Å². The lowest BCUT2D eigenvalue weighted by Crippen LogP contribution is -2.19. The Morgan fingerprint density at radius 3 is 2.19 bits per heavy atom. The molecule has 0 aliphatic heterocycles. The van der Waals surface area contributed by atoms with Gasteiger partial charge in [0.2, 0.25) is 0 Å². The van der Waals surface area contributed by atoms with Crippen LogP contribution in [0.3, 0.4) is 0 Å². The van der Waals surface area contributed by atoms with Crippen LogP contribution in [0.4, 0.5) is 13.2 Å². The third-order valence-electron chi connectivity index (χ3n) is 5.47. The van der Waals surface area contributed by atoms with Gasteiger partial charge in [-0.1, -0.05) is 66.7 Å². The Kier molecular flexibility index (Phi) is 5.56. The van der Waals surface area contributed by atoms with Gasteiger partial charge < -0.3 is 9.84 Å². The van der Waals surface area contributed by atoms with Crippen molar-refractivity contribution in [3.63, 3.8) is 0 Å². The third-order valence-corrected chi connectivity index (χ3v) is 5.47. The van der Waals surface area contributed by atoms with Gasteiger partial charge >= 0.3 is 12.3 Å². The second-order valence-corrected chi connectivity index (χ2v) is 7.83. The second kappa shape index (κ2) is 8.73. The molecule has 10 heteroatoms. The summed E-state index contributed by atoms with van der Waals surface area (Å²) in [6.07, 6.45) is -4.80. The number of carboxylic acid groups (broad SMARTS) is 1. The Morgan fingerprint density at radius 1 is 0.861 bits per heavy atom. The number of benzene rings is 3. The van der Waals surface area contributed by atoms with Crippen LogP contribution in [-0.4, -0.2) is 32.0 Å². The van der Waals surface area contributed by atoms with E-state index in [1.807, 2.05) is 0 Å². The van der Waals surface area contributed by atoms with E-state index in [4.69, 9.17) is 0 Å². The van der Waals surface area contributed by atoms with Gasteiger partial charge in [-0.05, 0) is 28.8 Å². The minimum absolute atomic E-state index is 0.133. The van der Waals surface area contributed by atoms with Crippen LogP contribution in [0.25, 0.3) is 39.2 Å². The molecule has 0 amide bonds. The lowest BCUT2D eigenvalue weighted by Gasteiger charge is -2.12. The minimum atomic E-state index is -4.80. The first kappa shape index (κ1) is 22.9. The smallest absolute Gasteiger partial charge is 0.477 e. The van der Waals surface area contributed by atoms with Gasteiger partial charge in [0.1, 0.15) is 11.4 Å². The van der Waals surface area contributed by atoms with Gasteiger partial charge in [-0.25, -0.2) is 14.3 Å². The molecule has 0 unspecified atom stereocenters. The normalized spacial score (nSPS) is 11.5. The van der Waals surface area contributed by atoms with Crippen molar-refractivity contribution in [2.45, 2.75) is 6.36 Å². The fourth-order valence-electron chi connectivity index (χ4n) is 3.90. The first-order chi connectivity index (χ1) is 17.2. The molecule has 180 valence electrons. The van der Waals surface area contributed by atoms with Crippen LogP contribution in [0.1, 0.15) is 10.5 Å². The van der Waals surface area contributed by atoms with Crippen molar-refractivity contribution in [3.8, 4) is 39.3 Å². The molecule has 0 aliphatic rings. The zero-order chi connectivity index (χ0) is 25.4. The first-order valence-electron chi connectivity index (χ1n) is 10.6. The highest BCUT2D eigenvalue weighted by Gasteiger charge is 2.31. The van der Waals surface area contributed by atoms with Crippen molar-refractivity contribution in [2.24, 2.45) is 0 Å². The number of carboxylic acids is 1. The van der Waals surface area contributed by atoms with Crippen molar-refractivity contribution < 1.29 is 27.8 Å². The highest BCUT2D eigenvalue weighted by atomic mass is 19.4.